The summed E-state index contributed by atoms with van der Waals surface area (Å²) >= 11 is 1.27. The molecule has 132 valence electrons. The number of sulfonamides is 1. The molecule has 1 N–H and O–H groups in total. The molecule has 0 bridgehead atoms. The number of hydrogen-bond donors (Lipinski definition) is 1. The zero-order valence-corrected chi connectivity index (χ0v) is 15.2. The van der Waals surface area contributed by atoms with Crippen LogP contribution in [0.4, 0.5) is 0 Å². The highest BCUT2D eigenvalue weighted by atomic mass is 32.2. The maximum atomic E-state index is 12.1. The highest BCUT2D eigenvalue weighted by Gasteiger charge is 2.15. The average molecular weight is 379 g/mol. The van der Waals surface area contributed by atoms with E-state index in [0.29, 0.717) is 21.5 Å². The lowest BCUT2D eigenvalue weighted by Crippen LogP contribution is -2.23. The van der Waals surface area contributed by atoms with Crippen molar-refractivity contribution in [2.24, 2.45) is 0 Å². The predicted octanol–water partition coefficient (Wildman–Crippen LogP) is 2.40. The second-order valence-electron chi connectivity index (χ2n) is 5.06. The Balaban J connectivity index is 1.46. The van der Waals surface area contributed by atoms with Gasteiger partial charge in [0.1, 0.15) is 16.6 Å². The van der Waals surface area contributed by atoms with Crippen LogP contribution in [0.1, 0.15) is 11.8 Å². The summed E-state index contributed by atoms with van der Waals surface area (Å²) in [6, 6.07) is 8.70. The molecule has 0 aliphatic carbocycles. The summed E-state index contributed by atoms with van der Waals surface area (Å²) in [5.74, 6) is 7.45. The van der Waals surface area contributed by atoms with E-state index in [1.165, 1.54) is 11.3 Å². The molecule has 0 spiro atoms. The summed E-state index contributed by atoms with van der Waals surface area (Å²) < 4.78 is 42.9. The molecule has 2 heterocycles. The quantitative estimate of drug-likeness (QED) is 0.780. The normalized spacial score (nSPS) is 12.5. The molecule has 25 heavy (non-hydrogen) atoms. The van der Waals surface area contributed by atoms with Crippen molar-refractivity contribution >= 4 is 21.4 Å². The molecule has 1 aromatic heterocycles. The summed E-state index contributed by atoms with van der Waals surface area (Å²) in [7, 11) is -3.50. The van der Waals surface area contributed by atoms with Crippen molar-refractivity contribution in [2.75, 3.05) is 19.9 Å². The molecular formula is C17H17NO5S2. The fraction of sp³-hybridized carbons (Fsp3) is 0.294. The van der Waals surface area contributed by atoms with Crippen molar-refractivity contribution in [1.82, 2.24) is 4.72 Å². The first-order valence-electron chi connectivity index (χ1n) is 7.65. The number of benzene rings is 1. The third-order valence-corrected chi connectivity index (χ3v) is 6.50. The summed E-state index contributed by atoms with van der Waals surface area (Å²) in [4.78, 5) is 1.03. The first-order chi connectivity index (χ1) is 12.1. The van der Waals surface area contributed by atoms with Gasteiger partial charge in [0.2, 0.25) is 6.79 Å². The number of nitrogens with one attached hydrogen (secondary N) is 1. The van der Waals surface area contributed by atoms with Gasteiger partial charge in [0, 0.05) is 10.9 Å². The lowest BCUT2D eigenvalue weighted by molar-refractivity contribution is 0.174. The molecule has 1 aromatic carbocycles. The van der Waals surface area contributed by atoms with E-state index in [4.69, 9.17) is 14.2 Å². The van der Waals surface area contributed by atoms with Gasteiger partial charge in [-0.2, -0.15) is 4.72 Å². The van der Waals surface area contributed by atoms with Crippen LogP contribution in [0.3, 0.4) is 0 Å². The average Bonchev–Trinajstić information content (AvgIpc) is 3.26. The van der Waals surface area contributed by atoms with Crippen molar-refractivity contribution < 1.29 is 22.6 Å². The molecule has 0 unspecified atom stereocenters. The van der Waals surface area contributed by atoms with Gasteiger partial charge in [-0.25, -0.2) is 8.42 Å². The number of thiophene rings is 1. The van der Waals surface area contributed by atoms with E-state index < -0.39 is 10.0 Å². The third-order valence-electron chi connectivity index (χ3n) is 3.38. The molecular weight excluding hydrogens is 362 g/mol. The van der Waals surface area contributed by atoms with Crippen LogP contribution in [-0.2, 0) is 16.4 Å². The molecule has 0 saturated heterocycles. The van der Waals surface area contributed by atoms with E-state index in [-0.39, 0.29) is 19.9 Å². The molecule has 6 nitrogen and oxygen atoms in total. The summed E-state index contributed by atoms with van der Waals surface area (Å²) in [6.45, 7) is 2.39. The fourth-order valence-electron chi connectivity index (χ4n) is 2.09. The number of aryl methyl sites for hydroxylation is 1. The minimum Gasteiger partial charge on any atom is -0.481 e. The lowest BCUT2D eigenvalue weighted by atomic mass is 10.3. The minimum absolute atomic E-state index is 0.0339. The van der Waals surface area contributed by atoms with Crippen LogP contribution in [0.2, 0.25) is 0 Å². The number of fused-ring (bicyclic) bond motifs is 1. The van der Waals surface area contributed by atoms with Gasteiger partial charge in [-0.05, 0) is 30.7 Å². The molecule has 1 aliphatic heterocycles. The van der Waals surface area contributed by atoms with Crippen LogP contribution in [0.5, 0.6) is 17.2 Å². The molecule has 0 amide bonds. The Morgan fingerprint density at radius 3 is 2.84 bits per heavy atom. The van der Waals surface area contributed by atoms with Crippen LogP contribution in [0, 0.1) is 11.8 Å². The Bertz CT molecular complexity index is 909. The minimum atomic E-state index is -3.50. The number of ether oxygens (including phenoxy) is 3. The van der Waals surface area contributed by atoms with Gasteiger partial charge in [0.25, 0.3) is 10.0 Å². The highest BCUT2D eigenvalue weighted by Crippen LogP contribution is 2.34. The Kier molecular flexibility index (Phi) is 5.48. The molecule has 3 rings (SSSR count). The monoisotopic (exact) mass is 379 g/mol. The molecule has 0 fully saturated rings. The van der Waals surface area contributed by atoms with E-state index in [1.54, 1.807) is 24.3 Å². The Labute approximate surface area is 150 Å². The van der Waals surface area contributed by atoms with E-state index >= 15 is 0 Å². The van der Waals surface area contributed by atoms with Crippen molar-refractivity contribution in [3.05, 3.63) is 35.2 Å². The van der Waals surface area contributed by atoms with Crippen LogP contribution < -0.4 is 18.9 Å². The van der Waals surface area contributed by atoms with Crippen LogP contribution in [0.25, 0.3) is 0 Å². The van der Waals surface area contributed by atoms with Gasteiger partial charge >= 0.3 is 0 Å². The van der Waals surface area contributed by atoms with Gasteiger partial charge < -0.3 is 14.2 Å². The SMILES string of the molecule is CCc1ccc(S(=O)(=O)NCC#CCOc2ccc3c(c2)OCO3)s1. The Morgan fingerprint density at radius 1 is 1.20 bits per heavy atom. The fourth-order valence-corrected chi connectivity index (χ4v) is 4.36. The second kappa shape index (κ2) is 7.78. The van der Waals surface area contributed by atoms with Gasteiger partial charge in [-0.1, -0.05) is 18.8 Å². The van der Waals surface area contributed by atoms with Crippen molar-refractivity contribution in [2.45, 2.75) is 17.6 Å². The van der Waals surface area contributed by atoms with Gasteiger partial charge in [0.05, 0.1) is 6.54 Å². The van der Waals surface area contributed by atoms with Gasteiger partial charge in [0.15, 0.2) is 11.5 Å². The van der Waals surface area contributed by atoms with E-state index in [2.05, 4.69) is 16.6 Å². The molecule has 2 aromatic rings. The Hall–Kier alpha value is -2.21. The summed E-state index contributed by atoms with van der Waals surface area (Å²) in [5, 5.41) is 0. The maximum Gasteiger partial charge on any atom is 0.250 e. The first kappa shape index (κ1) is 17.6. The topological polar surface area (TPSA) is 73.9 Å². The molecule has 1 aliphatic rings. The summed E-state index contributed by atoms with van der Waals surface area (Å²) in [6.07, 6.45) is 0.817. The smallest absolute Gasteiger partial charge is 0.250 e. The number of hydrogen-bond acceptors (Lipinski definition) is 6. The maximum absolute atomic E-state index is 12.1. The van der Waals surface area contributed by atoms with Gasteiger partial charge in [-0.3, -0.25) is 0 Å². The lowest BCUT2D eigenvalue weighted by Gasteiger charge is -2.03. The molecule has 0 radical (unpaired) electrons. The Morgan fingerprint density at radius 2 is 2.04 bits per heavy atom. The van der Waals surface area contributed by atoms with Crippen molar-refractivity contribution in [1.29, 1.82) is 0 Å². The van der Waals surface area contributed by atoms with Crippen molar-refractivity contribution in [3.8, 4) is 29.1 Å². The van der Waals surface area contributed by atoms with Crippen LogP contribution in [0.15, 0.2) is 34.5 Å². The summed E-state index contributed by atoms with van der Waals surface area (Å²) in [5.41, 5.74) is 0. The van der Waals surface area contributed by atoms with E-state index in [0.717, 1.165) is 11.3 Å². The third kappa shape index (κ3) is 4.45. The molecule has 0 atom stereocenters. The molecule has 0 saturated carbocycles. The van der Waals surface area contributed by atoms with E-state index in [9.17, 15) is 8.42 Å². The predicted molar refractivity (Wildman–Crippen MR) is 94.7 cm³/mol. The standard InChI is InChI=1S/C17H17NO5S2/c1-2-14-6-8-17(24-14)25(19,20)18-9-3-4-10-21-13-5-7-15-16(11-13)23-12-22-15/h5-8,11,18H,2,9-10,12H2,1H3. The van der Waals surface area contributed by atoms with Gasteiger partial charge in [-0.15, -0.1) is 11.3 Å². The molecule has 8 heteroatoms. The van der Waals surface area contributed by atoms with Crippen LogP contribution >= 0.6 is 11.3 Å². The first-order valence-corrected chi connectivity index (χ1v) is 9.95. The second-order valence-corrected chi connectivity index (χ2v) is 8.22. The zero-order chi connectivity index (χ0) is 17.7. The largest absolute Gasteiger partial charge is 0.481 e. The van der Waals surface area contributed by atoms with Crippen molar-refractivity contribution in [3.63, 3.8) is 0 Å². The number of rotatable bonds is 6. The van der Waals surface area contributed by atoms with E-state index in [1.807, 2.05) is 13.0 Å². The zero-order valence-electron chi connectivity index (χ0n) is 13.6. The van der Waals surface area contributed by atoms with Crippen LogP contribution in [-0.4, -0.2) is 28.4 Å². The highest BCUT2D eigenvalue weighted by molar-refractivity contribution is 7.91.